The molecule has 0 saturated heterocycles. The largest absolute Gasteiger partial charge is 0.507 e. The summed E-state index contributed by atoms with van der Waals surface area (Å²) in [5.74, 6) is 5.92. The van der Waals surface area contributed by atoms with Gasteiger partial charge in [0.05, 0.1) is 5.39 Å². The Hall–Kier alpha value is -1.70. The Morgan fingerprint density at radius 2 is 0.938 bits per heavy atom. The van der Waals surface area contributed by atoms with Crippen molar-refractivity contribution in [3.8, 4) is 11.5 Å². The van der Waals surface area contributed by atoms with Gasteiger partial charge in [0.15, 0.2) is 0 Å². The van der Waals surface area contributed by atoms with Gasteiger partial charge in [0.2, 0.25) is 0 Å². The third-order valence-electron chi connectivity index (χ3n) is 11.4. The van der Waals surface area contributed by atoms with Crippen LogP contribution in [0.1, 0.15) is 88.2 Å². The second-order valence-corrected chi connectivity index (χ2v) is 13.4. The van der Waals surface area contributed by atoms with E-state index in [0.717, 1.165) is 51.8 Å². The average Bonchev–Trinajstić information content (AvgIpc) is 2.71. The molecule has 2 heteroatoms. The zero-order valence-electron chi connectivity index (χ0n) is 19.2. The van der Waals surface area contributed by atoms with E-state index in [0.29, 0.717) is 5.75 Å². The number of hydrogen-bond donors (Lipinski definition) is 2. The van der Waals surface area contributed by atoms with E-state index in [9.17, 15) is 10.2 Å². The van der Waals surface area contributed by atoms with Crippen LogP contribution in [-0.4, -0.2) is 10.2 Å². The van der Waals surface area contributed by atoms with Crippen molar-refractivity contribution in [2.75, 3.05) is 0 Å². The molecule has 8 fully saturated rings. The smallest absolute Gasteiger partial charge is 0.130 e. The molecule has 0 aliphatic heterocycles. The summed E-state index contributed by atoms with van der Waals surface area (Å²) in [5, 5.41) is 24.6. The maximum absolute atomic E-state index is 11.7. The monoisotopic (exact) mass is 428 g/mol. The van der Waals surface area contributed by atoms with Crippen LogP contribution in [-0.2, 0) is 10.8 Å². The number of phenols is 2. The van der Waals surface area contributed by atoms with Crippen molar-refractivity contribution in [1.29, 1.82) is 0 Å². The zero-order valence-corrected chi connectivity index (χ0v) is 19.2. The molecule has 8 bridgehead atoms. The first kappa shape index (κ1) is 18.7. The predicted molar refractivity (Wildman–Crippen MR) is 127 cm³/mol. The van der Waals surface area contributed by atoms with E-state index in [1.165, 1.54) is 82.6 Å². The van der Waals surface area contributed by atoms with Crippen LogP contribution in [0.4, 0.5) is 0 Å². The van der Waals surface area contributed by atoms with Crippen LogP contribution in [0.5, 0.6) is 11.5 Å². The fourth-order valence-electron chi connectivity index (χ4n) is 11.2. The Kier molecular flexibility index (Phi) is 3.53. The highest BCUT2D eigenvalue weighted by Gasteiger charge is 2.54. The van der Waals surface area contributed by atoms with Gasteiger partial charge in [-0.2, -0.15) is 0 Å². The molecule has 0 radical (unpaired) electrons. The second kappa shape index (κ2) is 6.05. The van der Waals surface area contributed by atoms with Crippen LogP contribution in [0.3, 0.4) is 0 Å². The van der Waals surface area contributed by atoms with E-state index in [1.54, 1.807) is 0 Å². The highest BCUT2D eigenvalue weighted by atomic mass is 16.3. The van der Waals surface area contributed by atoms with Crippen LogP contribution < -0.4 is 0 Å². The average molecular weight is 429 g/mol. The molecule has 0 spiro atoms. The molecule has 0 aromatic heterocycles. The van der Waals surface area contributed by atoms with Gasteiger partial charge in [-0.3, -0.25) is 0 Å². The number of phenolic OH excluding ortho intramolecular Hbond substituents is 2. The lowest BCUT2D eigenvalue weighted by Gasteiger charge is -2.57. The summed E-state index contributed by atoms with van der Waals surface area (Å²) in [7, 11) is 0. The quantitative estimate of drug-likeness (QED) is 0.531. The van der Waals surface area contributed by atoms with Gasteiger partial charge in [-0.25, -0.2) is 0 Å². The Balaban J connectivity index is 1.29. The summed E-state index contributed by atoms with van der Waals surface area (Å²) in [6, 6.07) is 8.71. The number of benzene rings is 2. The molecule has 168 valence electrons. The molecule has 2 nitrogen and oxygen atoms in total. The van der Waals surface area contributed by atoms with Crippen LogP contribution >= 0.6 is 0 Å². The van der Waals surface area contributed by atoms with Crippen LogP contribution in [0, 0.1) is 35.5 Å². The molecule has 0 unspecified atom stereocenters. The molecular weight excluding hydrogens is 392 g/mol. The maximum Gasteiger partial charge on any atom is 0.130 e. The molecule has 0 heterocycles. The maximum atomic E-state index is 11.7. The molecule has 32 heavy (non-hydrogen) atoms. The standard InChI is InChI=1S/C30H36O2/c31-26-4-3-24(29-11-17-5-18(12-29)7-19(6-17)13-29)23-1-2-25(28(32)27(23)26)30-14-20-8-21(15-30)10-22(9-20)16-30/h1-4,17-22,31-32H,5-16H2. The van der Waals surface area contributed by atoms with E-state index >= 15 is 0 Å². The van der Waals surface area contributed by atoms with Crippen molar-refractivity contribution >= 4 is 10.8 Å². The minimum Gasteiger partial charge on any atom is -0.507 e. The van der Waals surface area contributed by atoms with Gasteiger partial charge in [0.25, 0.3) is 0 Å². The van der Waals surface area contributed by atoms with Gasteiger partial charge < -0.3 is 10.2 Å². The molecule has 8 aliphatic carbocycles. The Labute approximate surface area is 191 Å². The third-order valence-corrected chi connectivity index (χ3v) is 11.4. The van der Waals surface area contributed by atoms with E-state index in [4.69, 9.17) is 0 Å². The first-order valence-corrected chi connectivity index (χ1v) is 13.5. The molecular formula is C30H36O2. The fourth-order valence-corrected chi connectivity index (χ4v) is 11.2. The molecule has 8 saturated carbocycles. The number of aromatic hydroxyl groups is 2. The van der Waals surface area contributed by atoms with Gasteiger partial charge in [-0.15, -0.1) is 0 Å². The molecule has 2 N–H and O–H groups in total. The Morgan fingerprint density at radius 3 is 1.41 bits per heavy atom. The van der Waals surface area contributed by atoms with E-state index in [2.05, 4.69) is 18.2 Å². The molecule has 2 aromatic carbocycles. The van der Waals surface area contributed by atoms with Gasteiger partial charge >= 0.3 is 0 Å². The van der Waals surface area contributed by atoms with Gasteiger partial charge in [0.1, 0.15) is 11.5 Å². The lowest BCUT2D eigenvalue weighted by molar-refractivity contribution is -0.00606. The summed E-state index contributed by atoms with van der Waals surface area (Å²) in [5.41, 5.74) is 3.00. The highest BCUT2D eigenvalue weighted by molar-refractivity contribution is 5.97. The summed E-state index contributed by atoms with van der Waals surface area (Å²) in [6.07, 6.45) is 16.2. The minimum atomic E-state index is 0.149. The van der Waals surface area contributed by atoms with E-state index < -0.39 is 0 Å². The summed E-state index contributed by atoms with van der Waals surface area (Å²) in [6.45, 7) is 0. The topological polar surface area (TPSA) is 40.5 Å². The molecule has 0 amide bonds. The molecule has 2 aromatic rings. The molecule has 0 atom stereocenters. The second-order valence-electron chi connectivity index (χ2n) is 13.4. The van der Waals surface area contributed by atoms with Crippen molar-refractivity contribution in [1.82, 2.24) is 0 Å². The Bertz CT molecular complexity index is 1060. The van der Waals surface area contributed by atoms with Crippen molar-refractivity contribution in [2.24, 2.45) is 35.5 Å². The predicted octanol–water partition coefficient (Wildman–Crippen LogP) is 7.19. The fraction of sp³-hybridized carbons (Fsp3) is 0.667. The normalized spacial score (nSPS) is 45.8. The van der Waals surface area contributed by atoms with Crippen LogP contribution in [0.25, 0.3) is 10.8 Å². The van der Waals surface area contributed by atoms with Gasteiger partial charge in [-0.1, -0.05) is 18.2 Å². The van der Waals surface area contributed by atoms with Gasteiger partial charge in [0, 0.05) is 5.56 Å². The third kappa shape index (κ3) is 2.37. The lowest BCUT2D eigenvalue weighted by Crippen LogP contribution is -2.48. The number of rotatable bonds is 2. The molecule has 8 aliphatic rings. The van der Waals surface area contributed by atoms with Crippen molar-refractivity contribution < 1.29 is 10.2 Å². The van der Waals surface area contributed by atoms with Crippen molar-refractivity contribution in [2.45, 2.75) is 87.9 Å². The number of fused-ring (bicyclic) bond motifs is 1. The number of hydrogen-bond acceptors (Lipinski definition) is 2. The zero-order chi connectivity index (χ0) is 21.2. The van der Waals surface area contributed by atoms with Gasteiger partial charge in [-0.05, 0) is 140 Å². The first-order chi connectivity index (χ1) is 15.5. The van der Waals surface area contributed by atoms with Crippen LogP contribution in [0.15, 0.2) is 24.3 Å². The minimum absolute atomic E-state index is 0.149. The summed E-state index contributed by atoms with van der Waals surface area (Å²) >= 11 is 0. The van der Waals surface area contributed by atoms with E-state index in [1.807, 2.05) is 6.07 Å². The first-order valence-electron chi connectivity index (χ1n) is 13.5. The SMILES string of the molecule is Oc1ccc(C23CC4CC(CC(C4)C2)C3)c2ccc(C34CC5CC(CC(C5)C3)C4)c(O)c12. The van der Waals surface area contributed by atoms with E-state index in [-0.39, 0.29) is 16.6 Å². The summed E-state index contributed by atoms with van der Waals surface area (Å²) < 4.78 is 0. The van der Waals surface area contributed by atoms with Crippen molar-refractivity contribution in [3.63, 3.8) is 0 Å². The van der Waals surface area contributed by atoms with Crippen LogP contribution in [0.2, 0.25) is 0 Å². The Morgan fingerprint density at radius 1 is 0.531 bits per heavy atom. The lowest BCUT2D eigenvalue weighted by atomic mass is 9.47. The molecule has 10 rings (SSSR count). The highest BCUT2D eigenvalue weighted by Crippen LogP contribution is 2.64. The summed E-state index contributed by atoms with van der Waals surface area (Å²) in [4.78, 5) is 0. The van der Waals surface area contributed by atoms with Crippen molar-refractivity contribution in [3.05, 3.63) is 35.4 Å².